The summed E-state index contributed by atoms with van der Waals surface area (Å²) in [6.45, 7) is 0.978. The van der Waals surface area contributed by atoms with E-state index in [0.29, 0.717) is 27.9 Å². The third-order valence-electron chi connectivity index (χ3n) is 2.49. The maximum Gasteiger partial charge on any atom is 0.251 e. The number of anilines is 1. The van der Waals surface area contributed by atoms with Crippen LogP contribution in [0.2, 0.25) is 0 Å². The van der Waals surface area contributed by atoms with E-state index in [1.165, 1.54) is 6.07 Å². The van der Waals surface area contributed by atoms with Crippen molar-refractivity contribution < 1.29 is 9.90 Å². The SMILES string of the molecule is Nc1cnn(CCNC(=O)c2ccc(I)c(O)c2)c1. The van der Waals surface area contributed by atoms with Gasteiger partial charge in [0.1, 0.15) is 5.75 Å². The average Bonchev–Trinajstić information content (AvgIpc) is 2.78. The smallest absolute Gasteiger partial charge is 0.251 e. The van der Waals surface area contributed by atoms with Crippen LogP contribution < -0.4 is 11.1 Å². The van der Waals surface area contributed by atoms with Gasteiger partial charge in [0.05, 0.1) is 22.0 Å². The van der Waals surface area contributed by atoms with Crippen molar-refractivity contribution in [1.82, 2.24) is 15.1 Å². The summed E-state index contributed by atoms with van der Waals surface area (Å²) >= 11 is 2.00. The van der Waals surface area contributed by atoms with Gasteiger partial charge in [0, 0.05) is 18.3 Å². The van der Waals surface area contributed by atoms with Gasteiger partial charge in [0.2, 0.25) is 0 Å². The fraction of sp³-hybridized carbons (Fsp3) is 0.167. The summed E-state index contributed by atoms with van der Waals surface area (Å²) in [6.07, 6.45) is 3.25. The van der Waals surface area contributed by atoms with E-state index >= 15 is 0 Å². The molecule has 0 bridgehead atoms. The first-order chi connectivity index (χ1) is 9.06. The Balaban J connectivity index is 1.89. The van der Waals surface area contributed by atoms with Crippen LogP contribution in [0.25, 0.3) is 0 Å². The van der Waals surface area contributed by atoms with Gasteiger partial charge >= 0.3 is 0 Å². The molecule has 1 aromatic carbocycles. The highest BCUT2D eigenvalue weighted by Gasteiger charge is 2.07. The molecule has 0 aliphatic heterocycles. The van der Waals surface area contributed by atoms with Crippen LogP contribution in [0.4, 0.5) is 5.69 Å². The molecule has 0 spiro atoms. The summed E-state index contributed by atoms with van der Waals surface area (Å²) in [4.78, 5) is 11.8. The predicted molar refractivity (Wildman–Crippen MR) is 79.8 cm³/mol. The molecule has 4 N–H and O–H groups in total. The van der Waals surface area contributed by atoms with Crippen LogP contribution >= 0.6 is 22.6 Å². The van der Waals surface area contributed by atoms with E-state index in [9.17, 15) is 9.90 Å². The molecule has 0 unspecified atom stereocenters. The second kappa shape index (κ2) is 5.91. The zero-order chi connectivity index (χ0) is 13.8. The lowest BCUT2D eigenvalue weighted by Gasteiger charge is -2.06. The molecule has 2 rings (SSSR count). The Bertz CT molecular complexity index is 597. The summed E-state index contributed by atoms with van der Waals surface area (Å²) < 4.78 is 2.36. The summed E-state index contributed by atoms with van der Waals surface area (Å²) in [5, 5.41) is 16.3. The van der Waals surface area contributed by atoms with Crippen molar-refractivity contribution in [3.63, 3.8) is 0 Å². The molecular formula is C12H13IN4O2. The Kier molecular flexibility index (Phi) is 4.25. The number of phenolic OH excluding ortho intramolecular Hbond substituents is 1. The van der Waals surface area contributed by atoms with E-state index in [-0.39, 0.29) is 11.7 Å². The highest BCUT2D eigenvalue weighted by molar-refractivity contribution is 14.1. The summed E-state index contributed by atoms with van der Waals surface area (Å²) in [5.41, 5.74) is 6.55. The van der Waals surface area contributed by atoms with Crippen LogP contribution in [0, 0.1) is 3.57 Å². The van der Waals surface area contributed by atoms with Crippen molar-refractivity contribution in [2.24, 2.45) is 0 Å². The third-order valence-corrected chi connectivity index (χ3v) is 3.40. The third kappa shape index (κ3) is 3.60. The van der Waals surface area contributed by atoms with E-state index in [1.54, 1.807) is 29.2 Å². The minimum atomic E-state index is -0.230. The normalized spacial score (nSPS) is 10.4. The van der Waals surface area contributed by atoms with Crippen LogP contribution in [0.5, 0.6) is 5.75 Å². The molecule has 19 heavy (non-hydrogen) atoms. The Morgan fingerprint density at radius 3 is 2.95 bits per heavy atom. The van der Waals surface area contributed by atoms with Gasteiger partial charge < -0.3 is 16.2 Å². The van der Waals surface area contributed by atoms with E-state index < -0.39 is 0 Å². The number of amides is 1. The number of nitrogens with one attached hydrogen (secondary N) is 1. The maximum absolute atomic E-state index is 11.8. The monoisotopic (exact) mass is 372 g/mol. The van der Waals surface area contributed by atoms with E-state index in [1.807, 2.05) is 22.6 Å². The number of rotatable bonds is 4. The second-order valence-electron chi connectivity index (χ2n) is 3.96. The minimum Gasteiger partial charge on any atom is -0.507 e. The van der Waals surface area contributed by atoms with Crippen molar-refractivity contribution >= 4 is 34.2 Å². The molecule has 2 aromatic rings. The lowest BCUT2D eigenvalue weighted by Crippen LogP contribution is -2.27. The van der Waals surface area contributed by atoms with E-state index in [0.717, 1.165) is 0 Å². The molecule has 6 nitrogen and oxygen atoms in total. The highest BCUT2D eigenvalue weighted by atomic mass is 127. The van der Waals surface area contributed by atoms with Crippen LogP contribution in [-0.2, 0) is 6.54 Å². The van der Waals surface area contributed by atoms with Crippen LogP contribution in [0.1, 0.15) is 10.4 Å². The number of hydrogen-bond acceptors (Lipinski definition) is 4. The number of phenols is 1. The molecule has 1 heterocycles. The molecule has 0 atom stereocenters. The fourth-order valence-electron chi connectivity index (χ4n) is 1.54. The Hall–Kier alpha value is -1.77. The molecule has 0 fully saturated rings. The Labute approximate surface area is 123 Å². The molecular weight excluding hydrogens is 359 g/mol. The quantitative estimate of drug-likeness (QED) is 0.704. The maximum atomic E-state index is 11.8. The van der Waals surface area contributed by atoms with Crippen molar-refractivity contribution in [3.8, 4) is 5.75 Å². The van der Waals surface area contributed by atoms with Gasteiger partial charge in [0.25, 0.3) is 5.91 Å². The molecule has 0 saturated heterocycles. The molecule has 1 aromatic heterocycles. The number of carbonyl (C=O) groups is 1. The first-order valence-corrected chi connectivity index (χ1v) is 6.69. The standard InChI is InChI=1S/C12H13IN4O2/c13-10-2-1-8(5-11(10)18)12(19)15-3-4-17-7-9(14)6-16-17/h1-2,5-7,18H,3-4,14H2,(H,15,19). The van der Waals surface area contributed by atoms with E-state index in [4.69, 9.17) is 5.73 Å². The number of hydrogen-bond donors (Lipinski definition) is 3. The minimum absolute atomic E-state index is 0.105. The van der Waals surface area contributed by atoms with Gasteiger partial charge in [-0.05, 0) is 40.8 Å². The van der Waals surface area contributed by atoms with Crippen molar-refractivity contribution in [2.75, 3.05) is 12.3 Å². The lowest BCUT2D eigenvalue weighted by molar-refractivity contribution is 0.0951. The number of nitrogens with zero attached hydrogens (tertiary/aromatic N) is 2. The second-order valence-corrected chi connectivity index (χ2v) is 5.12. The first-order valence-electron chi connectivity index (χ1n) is 5.61. The number of nitrogens with two attached hydrogens (primary N) is 1. The van der Waals surface area contributed by atoms with Gasteiger partial charge in [-0.25, -0.2) is 0 Å². The molecule has 0 radical (unpaired) electrons. The molecule has 0 saturated carbocycles. The first kappa shape index (κ1) is 13.7. The van der Waals surface area contributed by atoms with Crippen LogP contribution in [0.3, 0.4) is 0 Å². The zero-order valence-electron chi connectivity index (χ0n) is 10.0. The summed E-state index contributed by atoms with van der Waals surface area (Å²) in [7, 11) is 0. The van der Waals surface area contributed by atoms with Crippen molar-refractivity contribution in [1.29, 1.82) is 0 Å². The van der Waals surface area contributed by atoms with Gasteiger partial charge in [-0.15, -0.1) is 0 Å². The summed E-state index contributed by atoms with van der Waals surface area (Å²) in [6, 6.07) is 4.81. The molecule has 1 amide bonds. The Morgan fingerprint density at radius 1 is 1.53 bits per heavy atom. The zero-order valence-corrected chi connectivity index (χ0v) is 12.2. The van der Waals surface area contributed by atoms with Crippen LogP contribution in [-0.4, -0.2) is 27.3 Å². The molecule has 100 valence electrons. The highest BCUT2D eigenvalue weighted by Crippen LogP contribution is 2.20. The topological polar surface area (TPSA) is 93.2 Å². The van der Waals surface area contributed by atoms with E-state index in [2.05, 4.69) is 10.4 Å². The number of aromatic nitrogens is 2. The number of halogens is 1. The largest absolute Gasteiger partial charge is 0.507 e. The lowest BCUT2D eigenvalue weighted by atomic mass is 10.2. The summed E-state index contributed by atoms with van der Waals surface area (Å²) in [5.74, 6) is -0.125. The van der Waals surface area contributed by atoms with Crippen molar-refractivity contribution in [3.05, 3.63) is 39.7 Å². The Morgan fingerprint density at radius 2 is 2.32 bits per heavy atom. The van der Waals surface area contributed by atoms with Gasteiger partial charge in [-0.2, -0.15) is 5.10 Å². The van der Waals surface area contributed by atoms with Gasteiger partial charge in [-0.3, -0.25) is 9.48 Å². The van der Waals surface area contributed by atoms with Crippen molar-refractivity contribution in [2.45, 2.75) is 6.54 Å². The number of aromatic hydroxyl groups is 1. The fourth-order valence-corrected chi connectivity index (χ4v) is 1.88. The predicted octanol–water partition coefficient (Wildman–Crippen LogP) is 1.21. The van der Waals surface area contributed by atoms with Gasteiger partial charge in [0.15, 0.2) is 0 Å². The average molecular weight is 372 g/mol. The van der Waals surface area contributed by atoms with Crippen LogP contribution in [0.15, 0.2) is 30.6 Å². The van der Waals surface area contributed by atoms with Gasteiger partial charge in [-0.1, -0.05) is 0 Å². The molecule has 0 aliphatic carbocycles. The number of benzene rings is 1. The number of nitrogen functional groups attached to an aromatic ring is 1. The molecule has 7 heteroatoms. The number of carbonyl (C=O) groups excluding carboxylic acids is 1. The molecule has 0 aliphatic rings.